The first-order valence-electron chi connectivity index (χ1n) is 17.3. The monoisotopic (exact) mass is 698 g/mol. The van der Waals surface area contributed by atoms with Crippen LogP contribution in [0.4, 0.5) is 21.0 Å². The van der Waals surface area contributed by atoms with E-state index in [1.165, 1.54) is 4.57 Å². The molecule has 0 unspecified atom stereocenters. The molecule has 2 fully saturated rings. The van der Waals surface area contributed by atoms with Gasteiger partial charge < -0.3 is 29.5 Å². The number of piperazine rings is 1. The number of para-hydroxylation sites is 2. The van der Waals surface area contributed by atoms with E-state index in [1.54, 1.807) is 45.0 Å². The standard InChI is InChI=1S/C37H46N8O6/c1-36(2,3)50-34(48)42-18-15-25(16-19-42)44-29-11-7-8-12-30(29)45(33(44)47)31-13-9-10-26(39-31)32(46)40-27-24-38-17-14-28(27)41-20-22-43(23-21-41)35(49)51-37(4,5)6/h7-14,17,24-25H,15-16,18-23H2,1-6H3,(H,40,46). The average molecular weight is 699 g/mol. The third kappa shape index (κ3) is 8.00. The number of aromatic nitrogens is 4. The van der Waals surface area contributed by atoms with E-state index in [9.17, 15) is 19.2 Å². The minimum Gasteiger partial charge on any atom is -0.444 e. The van der Waals surface area contributed by atoms with Crippen LogP contribution < -0.4 is 15.9 Å². The zero-order valence-corrected chi connectivity index (χ0v) is 30.1. The molecule has 14 nitrogen and oxygen atoms in total. The smallest absolute Gasteiger partial charge is 0.410 e. The number of rotatable bonds is 5. The Morgan fingerprint density at radius 3 is 2.00 bits per heavy atom. The van der Waals surface area contributed by atoms with Gasteiger partial charge in [-0.25, -0.2) is 23.9 Å². The summed E-state index contributed by atoms with van der Waals surface area (Å²) in [6.07, 6.45) is 3.73. The molecule has 0 bridgehead atoms. The highest BCUT2D eigenvalue weighted by Crippen LogP contribution is 2.29. The lowest BCUT2D eigenvalue weighted by Crippen LogP contribution is -2.50. The zero-order chi connectivity index (χ0) is 36.5. The highest BCUT2D eigenvalue weighted by Gasteiger charge is 2.31. The van der Waals surface area contributed by atoms with Crippen LogP contribution >= 0.6 is 0 Å². The summed E-state index contributed by atoms with van der Waals surface area (Å²) in [6, 6.07) is 14.2. The molecule has 2 aliphatic heterocycles. The Labute approximate surface area is 297 Å². The van der Waals surface area contributed by atoms with Crippen LogP contribution in [0, 0.1) is 0 Å². The van der Waals surface area contributed by atoms with Crippen LogP contribution in [0.25, 0.3) is 16.9 Å². The van der Waals surface area contributed by atoms with Gasteiger partial charge in [0.25, 0.3) is 5.91 Å². The second-order valence-corrected chi connectivity index (χ2v) is 14.9. The van der Waals surface area contributed by atoms with Crippen molar-refractivity contribution in [2.75, 3.05) is 49.5 Å². The lowest BCUT2D eigenvalue weighted by molar-refractivity contribution is 0.0186. The molecular weight excluding hydrogens is 652 g/mol. The highest BCUT2D eigenvalue weighted by atomic mass is 16.6. The number of anilines is 2. The van der Waals surface area contributed by atoms with Gasteiger partial charge in [-0.15, -0.1) is 0 Å². The normalized spacial score (nSPS) is 15.9. The molecular formula is C37H46N8O6. The summed E-state index contributed by atoms with van der Waals surface area (Å²) >= 11 is 0. The lowest BCUT2D eigenvalue weighted by atomic mass is 10.0. The molecule has 3 amide bonds. The molecule has 14 heteroatoms. The number of benzene rings is 1. The summed E-state index contributed by atoms with van der Waals surface area (Å²) in [5.74, 6) is -0.136. The van der Waals surface area contributed by atoms with Crippen molar-refractivity contribution in [3.63, 3.8) is 0 Å². The van der Waals surface area contributed by atoms with Crippen molar-refractivity contribution in [1.82, 2.24) is 28.9 Å². The van der Waals surface area contributed by atoms with Gasteiger partial charge in [-0.3, -0.25) is 14.3 Å². The van der Waals surface area contributed by atoms with E-state index < -0.39 is 17.1 Å². The molecule has 270 valence electrons. The Morgan fingerprint density at radius 1 is 0.765 bits per heavy atom. The Kier molecular flexibility index (Phi) is 9.78. The van der Waals surface area contributed by atoms with Crippen molar-refractivity contribution in [2.45, 2.75) is 71.6 Å². The molecule has 51 heavy (non-hydrogen) atoms. The van der Waals surface area contributed by atoms with Gasteiger partial charge in [0.15, 0.2) is 0 Å². The number of hydrogen-bond acceptors (Lipinski definition) is 9. The third-order valence-corrected chi connectivity index (χ3v) is 8.78. The number of pyridine rings is 2. The topological polar surface area (TPSA) is 144 Å². The first-order chi connectivity index (χ1) is 24.2. The number of nitrogens with one attached hydrogen (secondary N) is 1. The fraction of sp³-hybridized carbons (Fsp3) is 0.459. The molecule has 3 aromatic heterocycles. The van der Waals surface area contributed by atoms with E-state index in [2.05, 4.69) is 20.2 Å². The van der Waals surface area contributed by atoms with Gasteiger partial charge in [0.2, 0.25) is 0 Å². The summed E-state index contributed by atoms with van der Waals surface area (Å²) in [5, 5.41) is 2.96. The van der Waals surface area contributed by atoms with E-state index in [4.69, 9.17) is 9.47 Å². The third-order valence-electron chi connectivity index (χ3n) is 8.78. The molecule has 0 atom stereocenters. The minimum atomic E-state index is -0.586. The van der Waals surface area contributed by atoms with E-state index in [0.717, 1.165) is 11.2 Å². The zero-order valence-electron chi connectivity index (χ0n) is 30.1. The van der Waals surface area contributed by atoms with Crippen molar-refractivity contribution < 1.29 is 23.9 Å². The largest absolute Gasteiger partial charge is 0.444 e. The van der Waals surface area contributed by atoms with Gasteiger partial charge in [-0.1, -0.05) is 18.2 Å². The summed E-state index contributed by atoms with van der Waals surface area (Å²) in [6.45, 7) is 14.0. The number of nitrogens with zero attached hydrogens (tertiary/aromatic N) is 7. The SMILES string of the molecule is CC(C)(C)OC(=O)N1CCC(n2c(=O)n(-c3cccc(C(=O)Nc4cnccc4N4CCN(C(=O)OC(C)(C)C)CC4)n3)c3ccccc32)CC1. The predicted octanol–water partition coefficient (Wildman–Crippen LogP) is 5.46. The number of imidazole rings is 1. The van der Waals surface area contributed by atoms with Gasteiger partial charge in [0, 0.05) is 51.5 Å². The maximum absolute atomic E-state index is 14.2. The fourth-order valence-electron chi connectivity index (χ4n) is 6.45. The number of likely N-dealkylation sites (tertiary alicyclic amines) is 1. The Hall–Kier alpha value is -5.40. The number of ether oxygens (including phenoxy) is 2. The minimum absolute atomic E-state index is 0.131. The number of carbonyl (C=O) groups excluding carboxylic acids is 3. The molecule has 1 aromatic carbocycles. The Bertz CT molecular complexity index is 1970. The van der Waals surface area contributed by atoms with Crippen molar-refractivity contribution in [3.05, 3.63) is 77.1 Å². The predicted molar refractivity (Wildman–Crippen MR) is 194 cm³/mol. The van der Waals surface area contributed by atoms with Gasteiger partial charge in [-0.2, -0.15) is 0 Å². The van der Waals surface area contributed by atoms with E-state index >= 15 is 0 Å². The molecule has 2 aliphatic rings. The lowest BCUT2D eigenvalue weighted by Gasteiger charge is -2.37. The summed E-state index contributed by atoms with van der Waals surface area (Å²) in [5.41, 5.74) is 1.40. The molecule has 4 aromatic rings. The second-order valence-electron chi connectivity index (χ2n) is 14.9. The quantitative estimate of drug-likeness (QED) is 0.287. The van der Waals surface area contributed by atoms with Gasteiger partial charge in [0.1, 0.15) is 22.7 Å². The van der Waals surface area contributed by atoms with Crippen molar-refractivity contribution in [3.8, 4) is 5.82 Å². The highest BCUT2D eigenvalue weighted by molar-refractivity contribution is 6.04. The summed E-state index contributed by atoms with van der Waals surface area (Å²) < 4.78 is 14.4. The van der Waals surface area contributed by atoms with Gasteiger partial charge >= 0.3 is 17.9 Å². The molecule has 1 N–H and O–H groups in total. The number of amides is 3. The molecule has 0 saturated carbocycles. The Morgan fingerprint density at radius 2 is 1.37 bits per heavy atom. The second kappa shape index (κ2) is 14.1. The summed E-state index contributed by atoms with van der Waals surface area (Å²) in [7, 11) is 0. The Balaban J connectivity index is 1.19. The van der Waals surface area contributed by atoms with E-state index in [0.29, 0.717) is 69.1 Å². The molecule has 0 radical (unpaired) electrons. The van der Waals surface area contributed by atoms with Crippen LogP contribution in [0.15, 0.2) is 65.7 Å². The number of fused-ring (bicyclic) bond motifs is 1. The fourth-order valence-corrected chi connectivity index (χ4v) is 6.45. The maximum Gasteiger partial charge on any atom is 0.410 e. The van der Waals surface area contributed by atoms with Crippen LogP contribution in [0.3, 0.4) is 0 Å². The first kappa shape index (κ1) is 35.4. The van der Waals surface area contributed by atoms with E-state index in [1.807, 2.05) is 71.9 Å². The molecule has 6 rings (SSSR count). The van der Waals surface area contributed by atoms with E-state index in [-0.39, 0.29) is 29.6 Å². The van der Waals surface area contributed by atoms with Crippen molar-refractivity contribution >= 4 is 40.5 Å². The van der Waals surface area contributed by atoms with Crippen molar-refractivity contribution in [1.29, 1.82) is 0 Å². The first-order valence-corrected chi connectivity index (χ1v) is 17.3. The molecule has 2 saturated heterocycles. The van der Waals surface area contributed by atoms with Gasteiger partial charge in [0.05, 0.1) is 28.6 Å². The number of carbonyl (C=O) groups is 3. The molecule has 5 heterocycles. The number of piperidine rings is 1. The van der Waals surface area contributed by atoms with Gasteiger partial charge in [-0.05, 0) is 84.7 Å². The van der Waals surface area contributed by atoms with Crippen molar-refractivity contribution in [2.24, 2.45) is 0 Å². The molecule has 0 spiro atoms. The summed E-state index contributed by atoms with van der Waals surface area (Å²) in [4.78, 5) is 67.4. The average Bonchev–Trinajstić information content (AvgIpc) is 3.38. The van der Waals surface area contributed by atoms with Crippen LogP contribution in [-0.4, -0.2) is 97.5 Å². The number of hydrogen-bond donors (Lipinski definition) is 1. The van der Waals surface area contributed by atoms with Crippen LogP contribution in [0.1, 0.15) is 70.9 Å². The molecule has 0 aliphatic carbocycles. The van der Waals surface area contributed by atoms with Crippen LogP contribution in [0.5, 0.6) is 0 Å². The van der Waals surface area contributed by atoms with Crippen LogP contribution in [0.2, 0.25) is 0 Å². The van der Waals surface area contributed by atoms with Crippen LogP contribution in [-0.2, 0) is 9.47 Å². The maximum atomic E-state index is 14.2.